The molecule has 1 saturated heterocycles. The van der Waals surface area contributed by atoms with E-state index >= 15 is 0 Å². The van der Waals surface area contributed by atoms with Gasteiger partial charge in [-0.05, 0) is 87.5 Å². The van der Waals surface area contributed by atoms with E-state index in [4.69, 9.17) is 4.74 Å². The molecule has 0 saturated carbocycles. The molecule has 32 heavy (non-hydrogen) atoms. The lowest BCUT2D eigenvalue weighted by molar-refractivity contribution is -0.138. The van der Waals surface area contributed by atoms with E-state index in [1.807, 2.05) is 14.0 Å². The molecule has 0 spiro atoms. The van der Waals surface area contributed by atoms with Gasteiger partial charge in [0, 0.05) is 12.1 Å². The van der Waals surface area contributed by atoms with E-state index in [0.29, 0.717) is 12.0 Å². The van der Waals surface area contributed by atoms with E-state index in [1.54, 1.807) is 13.0 Å². The lowest BCUT2D eigenvalue weighted by atomic mass is 9.82. The Morgan fingerprint density at radius 2 is 1.56 bits per heavy atom. The van der Waals surface area contributed by atoms with Gasteiger partial charge in [0.05, 0.1) is 11.1 Å². The summed E-state index contributed by atoms with van der Waals surface area (Å²) in [6.45, 7) is 5.28. The molecule has 0 N–H and O–H groups in total. The molecule has 2 nitrogen and oxygen atoms in total. The van der Waals surface area contributed by atoms with Gasteiger partial charge in [0.1, 0.15) is 12.4 Å². The molecular formula is C24H27F6NO. The monoisotopic (exact) mass is 459 g/mol. The van der Waals surface area contributed by atoms with Crippen LogP contribution >= 0.6 is 0 Å². The van der Waals surface area contributed by atoms with Crippen molar-refractivity contribution in [3.8, 4) is 5.75 Å². The van der Waals surface area contributed by atoms with Crippen molar-refractivity contribution in [1.82, 2.24) is 4.90 Å². The maximum atomic E-state index is 13.3. The maximum absolute atomic E-state index is 13.3. The number of benzene rings is 2. The fourth-order valence-corrected chi connectivity index (χ4v) is 4.33. The molecule has 3 unspecified atom stereocenters. The molecule has 3 rings (SSSR count). The van der Waals surface area contributed by atoms with Crippen LogP contribution in [0.3, 0.4) is 0 Å². The van der Waals surface area contributed by atoms with Crippen molar-refractivity contribution >= 4 is 0 Å². The van der Waals surface area contributed by atoms with Crippen LogP contribution in [0.1, 0.15) is 53.5 Å². The molecule has 0 aliphatic carbocycles. The van der Waals surface area contributed by atoms with Crippen LogP contribution in [0, 0.1) is 13.8 Å². The van der Waals surface area contributed by atoms with Crippen molar-refractivity contribution in [2.75, 3.05) is 13.7 Å². The van der Waals surface area contributed by atoms with Crippen LogP contribution in [0.15, 0.2) is 36.4 Å². The van der Waals surface area contributed by atoms with Crippen molar-refractivity contribution in [2.45, 2.75) is 64.0 Å². The summed E-state index contributed by atoms with van der Waals surface area (Å²) in [5.74, 6) is 0.209. The fraction of sp³-hybridized carbons (Fsp3) is 0.500. The minimum Gasteiger partial charge on any atom is -0.492 e. The third kappa shape index (κ3) is 5.39. The van der Waals surface area contributed by atoms with Crippen LogP contribution in [0.4, 0.5) is 26.3 Å². The summed E-state index contributed by atoms with van der Waals surface area (Å²) in [5.41, 5.74) is 0.116. The topological polar surface area (TPSA) is 12.5 Å². The van der Waals surface area contributed by atoms with Crippen LogP contribution < -0.4 is 4.74 Å². The third-order valence-electron chi connectivity index (χ3n) is 6.55. The van der Waals surface area contributed by atoms with E-state index < -0.39 is 23.5 Å². The molecule has 2 aromatic rings. The quantitative estimate of drug-likeness (QED) is 0.457. The molecule has 3 atom stereocenters. The summed E-state index contributed by atoms with van der Waals surface area (Å²) >= 11 is 0. The molecule has 0 radical (unpaired) electrons. The first kappa shape index (κ1) is 24.4. The van der Waals surface area contributed by atoms with Crippen LogP contribution in [0.5, 0.6) is 5.75 Å². The van der Waals surface area contributed by atoms with Crippen molar-refractivity contribution in [3.63, 3.8) is 0 Å². The molecule has 176 valence electrons. The lowest BCUT2D eigenvalue weighted by Gasteiger charge is -2.42. The van der Waals surface area contributed by atoms with Gasteiger partial charge in [-0.3, -0.25) is 4.90 Å². The molecule has 1 aliphatic rings. The second-order valence-electron chi connectivity index (χ2n) is 8.68. The average molecular weight is 459 g/mol. The van der Waals surface area contributed by atoms with Gasteiger partial charge in [-0.15, -0.1) is 0 Å². The molecule has 0 amide bonds. The number of piperidine rings is 1. The van der Waals surface area contributed by atoms with E-state index in [9.17, 15) is 26.3 Å². The van der Waals surface area contributed by atoms with Gasteiger partial charge in [0.15, 0.2) is 0 Å². The highest BCUT2D eigenvalue weighted by Gasteiger charge is 2.35. The van der Waals surface area contributed by atoms with Crippen molar-refractivity contribution < 1.29 is 31.1 Å². The first-order chi connectivity index (χ1) is 14.8. The van der Waals surface area contributed by atoms with Gasteiger partial charge in [0.2, 0.25) is 0 Å². The lowest BCUT2D eigenvalue weighted by Crippen LogP contribution is -2.47. The minimum absolute atomic E-state index is 0.0440. The molecule has 2 aromatic carbocycles. The number of likely N-dealkylation sites (tertiary alicyclic amines) is 1. The number of nitrogens with zero attached hydrogens (tertiary/aromatic N) is 1. The molecule has 1 heterocycles. The smallest absolute Gasteiger partial charge is 0.416 e. The first-order valence-electron chi connectivity index (χ1n) is 10.5. The van der Waals surface area contributed by atoms with Gasteiger partial charge in [-0.1, -0.05) is 12.1 Å². The zero-order valence-electron chi connectivity index (χ0n) is 18.4. The van der Waals surface area contributed by atoms with Gasteiger partial charge >= 0.3 is 12.4 Å². The normalized spacial score (nSPS) is 22.8. The Labute approximate surface area is 184 Å². The highest BCUT2D eigenvalue weighted by atomic mass is 19.4. The Balaban J connectivity index is 1.75. The zero-order chi connectivity index (χ0) is 23.8. The predicted octanol–water partition coefficient (Wildman–Crippen LogP) is 6.99. The van der Waals surface area contributed by atoms with E-state index in [-0.39, 0.29) is 35.9 Å². The van der Waals surface area contributed by atoms with Crippen LogP contribution in [0.2, 0.25) is 0 Å². The largest absolute Gasteiger partial charge is 0.492 e. The number of aryl methyl sites for hydroxylation is 1. The van der Waals surface area contributed by atoms with Crippen molar-refractivity contribution in [3.05, 3.63) is 64.2 Å². The Kier molecular flexibility index (Phi) is 6.84. The molecule has 1 fully saturated rings. The molecule has 8 heteroatoms. The van der Waals surface area contributed by atoms with Crippen LogP contribution in [-0.4, -0.2) is 30.6 Å². The summed E-state index contributed by atoms with van der Waals surface area (Å²) in [7, 11) is 1.93. The van der Waals surface area contributed by atoms with Crippen molar-refractivity contribution in [2.24, 2.45) is 0 Å². The number of alkyl halides is 6. The fourth-order valence-electron chi connectivity index (χ4n) is 4.33. The minimum atomic E-state index is -4.46. The van der Waals surface area contributed by atoms with Gasteiger partial charge in [-0.2, -0.15) is 26.3 Å². The third-order valence-corrected chi connectivity index (χ3v) is 6.55. The maximum Gasteiger partial charge on any atom is 0.416 e. The Morgan fingerprint density at radius 3 is 2.12 bits per heavy atom. The summed E-state index contributed by atoms with van der Waals surface area (Å²) in [6.07, 6.45) is -7.42. The standard InChI is InChI=1S/C24H27F6NO/c1-14-9-21(12-22(16(14)3)24(28,29)30)32-13-20-11-18(10-15(2)31(20)4)17-5-7-19(8-6-17)23(25,26)27/h5-9,12,15,18,20H,10-11,13H2,1-4H3. The summed E-state index contributed by atoms with van der Waals surface area (Å²) in [6, 6.07) is 7.92. The number of hydrogen-bond acceptors (Lipinski definition) is 2. The number of likely N-dealkylation sites (N-methyl/N-ethyl adjacent to an activating group) is 1. The van der Waals surface area contributed by atoms with Crippen LogP contribution in [-0.2, 0) is 12.4 Å². The summed E-state index contributed by atoms with van der Waals surface area (Å²) in [4.78, 5) is 2.12. The number of ether oxygens (including phenoxy) is 1. The zero-order valence-corrected chi connectivity index (χ0v) is 18.4. The van der Waals surface area contributed by atoms with E-state index in [1.165, 1.54) is 19.1 Å². The Hall–Kier alpha value is -2.22. The van der Waals surface area contributed by atoms with Gasteiger partial charge < -0.3 is 4.74 Å². The number of halogens is 6. The summed E-state index contributed by atoms with van der Waals surface area (Å²) in [5, 5.41) is 0. The highest BCUT2D eigenvalue weighted by molar-refractivity contribution is 5.42. The van der Waals surface area contributed by atoms with Gasteiger partial charge in [-0.25, -0.2) is 0 Å². The molecular weight excluding hydrogens is 432 g/mol. The number of hydrogen-bond donors (Lipinski definition) is 0. The van der Waals surface area contributed by atoms with Crippen molar-refractivity contribution in [1.29, 1.82) is 0 Å². The second kappa shape index (κ2) is 8.96. The predicted molar refractivity (Wildman–Crippen MR) is 111 cm³/mol. The van der Waals surface area contributed by atoms with Crippen LogP contribution in [0.25, 0.3) is 0 Å². The van der Waals surface area contributed by atoms with E-state index in [2.05, 4.69) is 4.90 Å². The highest BCUT2D eigenvalue weighted by Crippen LogP contribution is 2.38. The summed E-state index contributed by atoms with van der Waals surface area (Å²) < 4.78 is 84.3. The molecule has 0 aromatic heterocycles. The molecule has 0 bridgehead atoms. The van der Waals surface area contributed by atoms with Gasteiger partial charge in [0.25, 0.3) is 0 Å². The SMILES string of the molecule is Cc1cc(OCC2CC(c3ccc(C(F)(F)F)cc3)CC(C)N2C)cc(C(F)(F)F)c1C. The van der Waals surface area contributed by atoms with E-state index in [0.717, 1.165) is 30.2 Å². The molecule has 1 aliphatic heterocycles. The first-order valence-corrected chi connectivity index (χ1v) is 10.5. The second-order valence-corrected chi connectivity index (χ2v) is 8.68. The Morgan fingerprint density at radius 1 is 0.938 bits per heavy atom. The Bertz CT molecular complexity index is 935. The average Bonchev–Trinajstić information content (AvgIpc) is 2.70. The number of rotatable bonds is 4.